The van der Waals surface area contributed by atoms with Crippen LogP contribution in [0.1, 0.15) is 29.6 Å². The molecule has 8 nitrogen and oxygen atoms in total. The van der Waals surface area contributed by atoms with Crippen molar-refractivity contribution in [2.45, 2.75) is 31.3 Å². The van der Waals surface area contributed by atoms with E-state index < -0.39 is 5.91 Å². The molecule has 2 aliphatic heterocycles. The van der Waals surface area contributed by atoms with Crippen molar-refractivity contribution in [2.75, 3.05) is 31.5 Å². The zero-order valence-electron chi connectivity index (χ0n) is 19.5. The van der Waals surface area contributed by atoms with Crippen LogP contribution in [0.5, 0.6) is 0 Å². The number of pyridine rings is 1. The smallest absolute Gasteiger partial charge is 0.250 e. The summed E-state index contributed by atoms with van der Waals surface area (Å²) in [6, 6.07) is 19.5. The van der Waals surface area contributed by atoms with Crippen molar-refractivity contribution in [2.24, 2.45) is 5.73 Å². The Morgan fingerprint density at radius 3 is 2.69 bits per heavy atom. The van der Waals surface area contributed by atoms with E-state index >= 15 is 0 Å². The molecule has 2 amide bonds. The van der Waals surface area contributed by atoms with Crippen molar-refractivity contribution in [3.05, 3.63) is 60.2 Å². The molecule has 3 aromatic rings. The molecule has 2 aliphatic rings. The van der Waals surface area contributed by atoms with Crippen LogP contribution in [-0.2, 0) is 4.79 Å². The van der Waals surface area contributed by atoms with Gasteiger partial charge in [-0.2, -0.15) is 5.26 Å². The molecule has 0 aliphatic carbocycles. The van der Waals surface area contributed by atoms with Crippen molar-refractivity contribution in [3.63, 3.8) is 0 Å². The van der Waals surface area contributed by atoms with Crippen LogP contribution in [0, 0.1) is 11.3 Å². The van der Waals surface area contributed by atoms with E-state index in [0.29, 0.717) is 24.2 Å². The lowest BCUT2D eigenvalue weighted by atomic mass is 10.0. The first-order chi connectivity index (χ1) is 17.0. The van der Waals surface area contributed by atoms with Crippen molar-refractivity contribution in [1.29, 1.82) is 5.26 Å². The van der Waals surface area contributed by atoms with Gasteiger partial charge >= 0.3 is 0 Å². The molecule has 2 saturated heterocycles. The van der Waals surface area contributed by atoms with Crippen molar-refractivity contribution in [3.8, 4) is 17.3 Å². The number of hydrogen-bond acceptors (Lipinski definition) is 6. The summed E-state index contributed by atoms with van der Waals surface area (Å²) < 4.78 is 0. The number of fused-ring (bicyclic) bond motifs is 1. The number of rotatable bonds is 6. The average Bonchev–Trinajstić information content (AvgIpc) is 3.53. The molecule has 0 bridgehead atoms. The van der Waals surface area contributed by atoms with Crippen LogP contribution in [-0.4, -0.2) is 64.9 Å². The Balaban J connectivity index is 1.33. The predicted octanol–water partition coefficient (Wildman–Crippen LogP) is 3.00. The summed E-state index contributed by atoms with van der Waals surface area (Å²) >= 11 is 0. The van der Waals surface area contributed by atoms with Crippen molar-refractivity contribution in [1.82, 2.24) is 14.8 Å². The summed E-state index contributed by atoms with van der Waals surface area (Å²) in [5.74, 6) is -0.481. The quantitative estimate of drug-likeness (QED) is 0.575. The zero-order valence-corrected chi connectivity index (χ0v) is 19.5. The van der Waals surface area contributed by atoms with E-state index in [1.807, 2.05) is 48.5 Å². The summed E-state index contributed by atoms with van der Waals surface area (Å²) in [6.07, 6.45) is 2.55. The third kappa shape index (κ3) is 4.68. The summed E-state index contributed by atoms with van der Waals surface area (Å²) in [5, 5.41) is 13.7. The topological polar surface area (TPSA) is 115 Å². The third-order valence-electron chi connectivity index (χ3n) is 6.91. The molecule has 3 N–H and O–H groups in total. The summed E-state index contributed by atoms with van der Waals surface area (Å²) in [7, 11) is 0. The Hall–Kier alpha value is -3.96. The van der Waals surface area contributed by atoms with E-state index in [9.17, 15) is 14.9 Å². The number of nitrogens with zero attached hydrogens (tertiary/aromatic N) is 4. The molecule has 0 spiro atoms. The van der Waals surface area contributed by atoms with Gasteiger partial charge in [-0.25, -0.2) is 4.98 Å². The second kappa shape index (κ2) is 9.72. The molecule has 0 saturated carbocycles. The molecule has 35 heavy (non-hydrogen) atoms. The van der Waals surface area contributed by atoms with Crippen molar-refractivity contribution < 1.29 is 9.59 Å². The molecule has 0 unspecified atom stereocenters. The first kappa shape index (κ1) is 22.8. The van der Waals surface area contributed by atoms with Crippen LogP contribution in [0.3, 0.4) is 0 Å². The standard InChI is InChI=1S/C27H28N6O2/c28-15-20-7-4-13-33(20)25(34)17-32-14-12-19(16-32)30-24-11-9-22(27(29)35)26-21(24)8-10-23(31-26)18-5-2-1-3-6-18/h1-3,5-6,8-11,19-20,30H,4,7,12-14,16-17H2,(H2,29,35)/t19-,20-/m0/s1. The summed E-state index contributed by atoms with van der Waals surface area (Å²) in [6.45, 7) is 2.54. The SMILES string of the molecule is N#C[C@@H]1CCCN1C(=O)CN1CC[C@H](Nc2ccc(C(N)=O)c3nc(-c4ccccc4)ccc23)C1. The van der Waals surface area contributed by atoms with Gasteiger partial charge in [0.05, 0.1) is 29.4 Å². The first-order valence-electron chi connectivity index (χ1n) is 12.0. The van der Waals surface area contributed by atoms with E-state index in [4.69, 9.17) is 10.7 Å². The Labute approximate surface area is 204 Å². The molecular weight excluding hydrogens is 440 g/mol. The highest BCUT2D eigenvalue weighted by Gasteiger charge is 2.31. The number of amides is 2. The van der Waals surface area contributed by atoms with Gasteiger partial charge in [0.2, 0.25) is 5.91 Å². The van der Waals surface area contributed by atoms with E-state index in [1.165, 1.54) is 0 Å². The molecule has 8 heteroatoms. The van der Waals surface area contributed by atoms with E-state index in [-0.39, 0.29) is 18.0 Å². The zero-order chi connectivity index (χ0) is 24.4. The Kier molecular flexibility index (Phi) is 6.34. The predicted molar refractivity (Wildman–Crippen MR) is 135 cm³/mol. The minimum atomic E-state index is -0.512. The van der Waals surface area contributed by atoms with Gasteiger partial charge in [0, 0.05) is 42.3 Å². The fourth-order valence-corrected chi connectivity index (χ4v) is 5.11. The maximum atomic E-state index is 12.7. The van der Waals surface area contributed by atoms with Gasteiger partial charge in [0.25, 0.3) is 5.91 Å². The van der Waals surface area contributed by atoms with Crippen LogP contribution in [0.25, 0.3) is 22.2 Å². The lowest BCUT2D eigenvalue weighted by Gasteiger charge is -2.23. The monoisotopic (exact) mass is 468 g/mol. The van der Waals surface area contributed by atoms with E-state index in [0.717, 1.165) is 54.7 Å². The number of aromatic nitrogens is 1. The number of likely N-dealkylation sites (tertiary alicyclic amines) is 2. The number of nitrogens with one attached hydrogen (secondary N) is 1. The van der Waals surface area contributed by atoms with Gasteiger partial charge in [-0.15, -0.1) is 0 Å². The molecule has 178 valence electrons. The van der Waals surface area contributed by atoms with Crippen LogP contribution in [0.2, 0.25) is 0 Å². The number of anilines is 1. The number of carbonyl (C=O) groups excluding carboxylic acids is 2. The molecule has 1 aromatic heterocycles. The maximum absolute atomic E-state index is 12.7. The number of primary amides is 1. The Morgan fingerprint density at radius 2 is 1.91 bits per heavy atom. The highest BCUT2D eigenvalue weighted by Crippen LogP contribution is 2.30. The molecule has 3 heterocycles. The Bertz CT molecular complexity index is 1300. The molecule has 5 rings (SSSR count). The van der Waals surface area contributed by atoms with Gasteiger partial charge < -0.3 is 16.0 Å². The number of hydrogen-bond donors (Lipinski definition) is 2. The average molecular weight is 469 g/mol. The van der Waals surface area contributed by atoms with E-state index in [2.05, 4.69) is 16.3 Å². The number of nitriles is 1. The fraction of sp³-hybridized carbons (Fsp3) is 0.333. The second-order valence-corrected chi connectivity index (χ2v) is 9.22. The summed E-state index contributed by atoms with van der Waals surface area (Å²) in [5.41, 5.74) is 9.25. The van der Waals surface area contributed by atoms with Gasteiger partial charge in [-0.1, -0.05) is 30.3 Å². The van der Waals surface area contributed by atoms with E-state index in [1.54, 1.807) is 11.0 Å². The Morgan fingerprint density at radius 1 is 1.09 bits per heavy atom. The van der Waals surface area contributed by atoms with Gasteiger partial charge in [-0.3, -0.25) is 14.5 Å². The van der Waals surface area contributed by atoms with Crippen LogP contribution in [0.15, 0.2) is 54.6 Å². The highest BCUT2D eigenvalue weighted by atomic mass is 16.2. The molecule has 2 atom stereocenters. The highest BCUT2D eigenvalue weighted by molar-refractivity contribution is 6.08. The first-order valence-corrected chi connectivity index (χ1v) is 12.0. The largest absolute Gasteiger partial charge is 0.380 e. The lowest BCUT2D eigenvalue weighted by molar-refractivity contribution is -0.132. The van der Waals surface area contributed by atoms with Crippen molar-refractivity contribution >= 4 is 28.4 Å². The van der Waals surface area contributed by atoms with Crippen LogP contribution in [0.4, 0.5) is 5.69 Å². The molecule has 2 aromatic carbocycles. The molecule has 0 radical (unpaired) electrons. The third-order valence-corrected chi connectivity index (χ3v) is 6.91. The second-order valence-electron chi connectivity index (χ2n) is 9.22. The summed E-state index contributed by atoms with van der Waals surface area (Å²) in [4.78, 5) is 33.5. The number of benzene rings is 2. The molecule has 2 fully saturated rings. The minimum absolute atomic E-state index is 0.0311. The van der Waals surface area contributed by atoms with Gasteiger partial charge in [-0.05, 0) is 43.5 Å². The van der Waals surface area contributed by atoms with Gasteiger partial charge in [0.15, 0.2) is 0 Å². The number of carbonyl (C=O) groups is 2. The normalized spacial score (nSPS) is 20.1. The van der Waals surface area contributed by atoms with Crippen LogP contribution >= 0.6 is 0 Å². The lowest BCUT2D eigenvalue weighted by Crippen LogP contribution is -2.42. The fourth-order valence-electron chi connectivity index (χ4n) is 5.11. The molecular formula is C27H28N6O2. The minimum Gasteiger partial charge on any atom is -0.380 e. The van der Waals surface area contributed by atoms with Crippen LogP contribution < -0.4 is 11.1 Å². The van der Waals surface area contributed by atoms with Gasteiger partial charge in [0.1, 0.15) is 6.04 Å². The maximum Gasteiger partial charge on any atom is 0.250 e. The number of nitrogens with two attached hydrogens (primary N) is 1.